The number of nitrogens with one attached hydrogen (secondary N) is 1. The molecule has 7 heteroatoms. The molecule has 132 valence electrons. The number of hydrogen-bond acceptors (Lipinski definition) is 6. The minimum Gasteiger partial charge on any atom is -0.543 e. The molecule has 0 saturated heterocycles. The summed E-state index contributed by atoms with van der Waals surface area (Å²) in [7, 11) is 0. The quantitative estimate of drug-likeness (QED) is 0.641. The number of ether oxygens (including phenoxy) is 1. The zero-order valence-corrected chi connectivity index (χ0v) is 15.3. The minimum atomic E-state index is -1.35. The highest BCUT2D eigenvalue weighted by atomic mass is 79.9. The zero-order valence-electron chi connectivity index (χ0n) is 13.7. The summed E-state index contributed by atoms with van der Waals surface area (Å²) in [5, 5.41) is 13.8. The fourth-order valence-corrected chi connectivity index (χ4v) is 2.68. The fourth-order valence-electron chi connectivity index (χ4n) is 2.27. The van der Waals surface area contributed by atoms with Gasteiger partial charge in [-0.3, -0.25) is 0 Å². The van der Waals surface area contributed by atoms with Gasteiger partial charge in [0, 0.05) is 16.6 Å². The Morgan fingerprint density at radius 1 is 1.12 bits per heavy atom. The number of carboxylic acids is 1. The van der Waals surface area contributed by atoms with Crippen LogP contribution >= 0.6 is 15.9 Å². The van der Waals surface area contributed by atoms with Crippen LogP contribution in [0.5, 0.6) is 5.75 Å². The first-order valence-corrected chi connectivity index (χ1v) is 8.63. The Morgan fingerprint density at radius 2 is 1.92 bits per heavy atom. The van der Waals surface area contributed by atoms with Crippen molar-refractivity contribution in [2.75, 3.05) is 5.32 Å². The van der Waals surface area contributed by atoms with Gasteiger partial charge in [0.25, 0.3) is 0 Å². The van der Waals surface area contributed by atoms with E-state index in [9.17, 15) is 9.90 Å². The lowest BCUT2D eigenvalue weighted by Crippen LogP contribution is -2.23. The summed E-state index contributed by atoms with van der Waals surface area (Å²) in [5.74, 6) is -0.138. The van der Waals surface area contributed by atoms with E-state index in [1.54, 1.807) is 0 Å². The molecule has 3 aromatic rings. The second-order valence-corrected chi connectivity index (χ2v) is 6.37. The predicted octanol–water partition coefficient (Wildman–Crippen LogP) is 2.79. The average Bonchev–Trinajstić information content (AvgIpc) is 2.66. The van der Waals surface area contributed by atoms with Crippen LogP contribution in [0, 0.1) is 0 Å². The molecule has 1 aromatic heterocycles. The Kier molecular flexibility index (Phi) is 5.80. The van der Waals surface area contributed by atoms with Gasteiger partial charge in [-0.2, -0.15) is 0 Å². The molecule has 0 aliphatic carbocycles. The summed E-state index contributed by atoms with van der Waals surface area (Å²) >= 11 is 3.46. The number of anilines is 1. The van der Waals surface area contributed by atoms with E-state index in [-0.39, 0.29) is 5.69 Å². The molecule has 0 spiro atoms. The van der Waals surface area contributed by atoms with Crippen molar-refractivity contribution in [2.45, 2.75) is 13.2 Å². The van der Waals surface area contributed by atoms with Crippen molar-refractivity contribution < 1.29 is 14.6 Å². The van der Waals surface area contributed by atoms with Crippen molar-refractivity contribution in [2.24, 2.45) is 0 Å². The van der Waals surface area contributed by atoms with Crippen molar-refractivity contribution in [1.82, 2.24) is 9.97 Å². The van der Waals surface area contributed by atoms with E-state index in [1.165, 1.54) is 6.20 Å². The van der Waals surface area contributed by atoms with Gasteiger partial charge in [-0.15, -0.1) is 0 Å². The number of aromatic carboxylic acids is 1. The number of carboxylic acid groups (broad SMARTS) is 1. The molecule has 0 unspecified atom stereocenters. The second kappa shape index (κ2) is 8.44. The predicted molar refractivity (Wildman–Crippen MR) is 98.6 cm³/mol. The Bertz CT molecular complexity index is 886. The lowest BCUT2D eigenvalue weighted by molar-refractivity contribution is -0.255. The third kappa shape index (κ3) is 4.80. The van der Waals surface area contributed by atoms with E-state index in [0.717, 1.165) is 27.5 Å². The number of carbonyl (C=O) groups is 1. The molecule has 3 rings (SSSR count). The molecule has 0 fully saturated rings. The monoisotopic (exact) mass is 412 g/mol. The maximum atomic E-state index is 10.7. The minimum absolute atomic E-state index is 0.204. The van der Waals surface area contributed by atoms with E-state index in [4.69, 9.17) is 4.74 Å². The van der Waals surface area contributed by atoms with Crippen LogP contribution in [-0.2, 0) is 13.2 Å². The smallest absolute Gasteiger partial charge is 0.144 e. The first-order valence-electron chi connectivity index (χ1n) is 7.84. The molecule has 26 heavy (non-hydrogen) atoms. The van der Waals surface area contributed by atoms with Crippen molar-refractivity contribution in [3.63, 3.8) is 0 Å². The van der Waals surface area contributed by atoms with Crippen LogP contribution in [0.2, 0.25) is 0 Å². The lowest BCUT2D eigenvalue weighted by atomic mass is 10.2. The summed E-state index contributed by atoms with van der Waals surface area (Å²) in [6, 6.07) is 15.7. The van der Waals surface area contributed by atoms with Crippen molar-refractivity contribution in [3.8, 4) is 5.75 Å². The molecule has 1 N–H and O–H groups in total. The molecule has 0 atom stereocenters. The van der Waals surface area contributed by atoms with Gasteiger partial charge in [0.05, 0.1) is 18.4 Å². The first-order chi connectivity index (χ1) is 12.6. The van der Waals surface area contributed by atoms with Gasteiger partial charge >= 0.3 is 0 Å². The number of rotatable bonds is 7. The highest BCUT2D eigenvalue weighted by Crippen LogP contribution is 2.25. The van der Waals surface area contributed by atoms with Gasteiger partial charge in [0.15, 0.2) is 0 Å². The molecule has 0 saturated carbocycles. The van der Waals surface area contributed by atoms with Gasteiger partial charge in [0.1, 0.15) is 23.9 Å². The summed E-state index contributed by atoms with van der Waals surface area (Å²) in [6.07, 6.45) is 2.51. The van der Waals surface area contributed by atoms with Crippen LogP contribution < -0.4 is 15.2 Å². The van der Waals surface area contributed by atoms with Crippen LogP contribution in [0.15, 0.2) is 65.4 Å². The van der Waals surface area contributed by atoms with Crippen LogP contribution in [0.4, 0.5) is 5.82 Å². The van der Waals surface area contributed by atoms with Crippen LogP contribution in [0.25, 0.3) is 0 Å². The highest BCUT2D eigenvalue weighted by Gasteiger charge is 2.06. The first kappa shape index (κ1) is 17.9. The number of benzene rings is 2. The molecule has 2 aromatic carbocycles. The molecule has 0 radical (unpaired) electrons. The summed E-state index contributed by atoms with van der Waals surface area (Å²) in [6.45, 7) is 0.915. The van der Waals surface area contributed by atoms with E-state index in [0.29, 0.717) is 19.0 Å². The fraction of sp³-hybridized carbons (Fsp3) is 0.105. The maximum Gasteiger partial charge on any atom is 0.144 e. The molecule has 0 bridgehead atoms. The zero-order chi connectivity index (χ0) is 18.4. The summed E-state index contributed by atoms with van der Waals surface area (Å²) in [5.41, 5.74) is 1.81. The summed E-state index contributed by atoms with van der Waals surface area (Å²) in [4.78, 5) is 18.5. The average molecular weight is 413 g/mol. The molecule has 0 amide bonds. The Balaban J connectivity index is 1.68. The number of hydrogen-bond donors (Lipinski definition) is 1. The number of aromatic nitrogens is 2. The van der Waals surface area contributed by atoms with E-state index >= 15 is 0 Å². The van der Waals surface area contributed by atoms with Gasteiger partial charge in [-0.25, -0.2) is 9.97 Å². The SMILES string of the molecule is O=C([O-])c1cnc(NCc2cc(Br)ccc2OCc2ccccc2)cn1. The van der Waals surface area contributed by atoms with E-state index < -0.39 is 5.97 Å². The Labute approximate surface area is 159 Å². The normalized spacial score (nSPS) is 10.3. The van der Waals surface area contributed by atoms with Crippen LogP contribution in [0.1, 0.15) is 21.6 Å². The maximum absolute atomic E-state index is 10.7. The number of halogens is 1. The van der Waals surface area contributed by atoms with Gasteiger partial charge < -0.3 is 20.0 Å². The van der Waals surface area contributed by atoms with Crippen LogP contribution in [0.3, 0.4) is 0 Å². The van der Waals surface area contributed by atoms with E-state index in [1.807, 2.05) is 48.5 Å². The Hall–Kier alpha value is -2.93. The molecular weight excluding hydrogens is 398 g/mol. The molecule has 0 aliphatic heterocycles. The van der Waals surface area contributed by atoms with E-state index in [2.05, 4.69) is 31.2 Å². The largest absolute Gasteiger partial charge is 0.543 e. The molecule has 6 nitrogen and oxygen atoms in total. The second-order valence-electron chi connectivity index (χ2n) is 5.45. The highest BCUT2D eigenvalue weighted by molar-refractivity contribution is 9.10. The van der Waals surface area contributed by atoms with Crippen molar-refractivity contribution >= 4 is 27.7 Å². The molecule has 1 heterocycles. The van der Waals surface area contributed by atoms with Gasteiger partial charge in [0.2, 0.25) is 0 Å². The Morgan fingerprint density at radius 3 is 2.62 bits per heavy atom. The summed E-state index contributed by atoms with van der Waals surface area (Å²) < 4.78 is 6.86. The van der Waals surface area contributed by atoms with Crippen LogP contribution in [-0.4, -0.2) is 15.9 Å². The molecular formula is C19H15BrN3O3-. The standard InChI is InChI=1S/C19H16BrN3O3/c20-15-6-7-17(26-12-13-4-2-1-3-5-13)14(8-15)9-22-18-11-21-16(10-23-18)19(24)25/h1-8,10-11H,9,12H2,(H,22,23)(H,24,25)/p-1. The number of nitrogens with zero attached hydrogens (tertiary/aromatic N) is 2. The van der Waals surface area contributed by atoms with Gasteiger partial charge in [-0.1, -0.05) is 46.3 Å². The topological polar surface area (TPSA) is 87.2 Å². The third-order valence-corrected chi connectivity index (χ3v) is 4.07. The number of carbonyl (C=O) groups excluding carboxylic acids is 1. The molecule has 0 aliphatic rings. The van der Waals surface area contributed by atoms with Crippen molar-refractivity contribution in [1.29, 1.82) is 0 Å². The lowest BCUT2D eigenvalue weighted by Gasteiger charge is -2.13. The third-order valence-electron chi connectivity index (χ3n) is 3.58. The van der Waals surface area contributed by atoms with Gasteiger partial charge in [-0.05, 0) is 23.8 Å². The van der Waals surface area contributed by atoms with Crippen molar-refractivity contribution in [3.05, 3.63) is 82.2 Å².